The highest BCUT2D eigenvalue weighted by molar-refractivity contribution is 14.1. The number of imidazole rings is 1. The summed E-state index contributed by atoms with van der Waals surface area (Å²) in [5.74, 6) is 0.246. The standard InChI is InChI=1S/C21H16IN3OS/c22-15-10-12-16(13-11-15)23-20(26)14-27-21-24-18-8-4-5-9-19(18)25(21)17-6-2-1-3-7-17/h1-13H,14H2,(H,23,26). The molecule has 0 unspecified atom stereocenters. The van der Waals surface area contributed by atoms with Crippen LogP contribution in [-0.2, 0) is 4.79 Å². The molecule has 27 heavy (non-hydrogen) atoms. The van der Waals surface area contributed by atoms with Gasteiger partial charge in [-0.2, -0.15) is 0 Å². The number of aromatic nitrogens is 2. The zero-order valence-corrected chi connectivity index (χ0v) is 17.3. The molecule has 134 valence electrons. The fourth-order valence-corrected chi connectivity index (χ4v) is 3.98. The summed E-state index contributed by atoms with van der Waals surface area (Å²) < 4.78 is 3.23. The van der Waals surface area contributed by atoms with E-state index in [0.29, 0.717) is 5.75 Å². The number of hydrogen-bond donors (Lipinski definition) is 1. The Balaban J connectivity index is 1.57. The van der Waals surface area contributed by atoms with Crippen LogP contribution < -0.4 is 5.32 Å². The molecule has 3 aromatic carbocycles. The molecule has 0 saturated heterocycles. The number of para-hydroxylation sites is 3. The minimum absolute atomic E-state index is 0.0483. The Hall–Kier alpha value is -2.32. The molecule has 0 aliphatic rings. The second-order valence-corrected chi connectivity index (χ2v) is 8.09. The first-order valence-corrected chi connectivity index (χ1v) is 10.5. The first-order chi connectivity index (χ1) is 13.2. The van der Waals surface area contributed by atoms with Crippen LogP contribution in [0.2, 0.25) is 0 Å². The number of carbonyl (C=O) groups excluding carboxylic acids is 1. The summed E-state index contributed by atoms with van der Waals surface area (Å²) in [6, 6.07) is 25.9. The van der Waals surface area contributed by atoms with Gasteiger partial charge in [0, 0.05) is 14.9 Å². The van der Waals surface area contributed by atoms with Crippen molar-refractivity contribution >= 4 is 57.0 Å². The third-order valence-electron chi connectivity index (χ3n) is 4.00. The molecule has 0 atom stereocenters. The van der Waals surface area contributed by atoms with Crippen molar-refractivity contribution in [1.82, 2.24) is 9.55 Å². The molecule has 0 fully saturated rings. The second-order valence-electron chi connectivity index (χ2n) is 5.90. The van der Waals surface area contributed by atoms with Gasteiger partial charge < -0.3 is 5.32 Å². The molecular weight excluding hydrogens is 469 g/mol. The van der Waals surface area contributed by atoms with Crippen molar-refractivity contribution in [2.24, 2.45) is 0 Å². The fraction of sp³-hybridized carbons (Fsp3) is 0.0476. The molecular formula is C21H16IN3OS. The van der Waals surface area contributed by atoms with Crippen molar-refractivity contribution in [3.8, 4) is 5.69 Å². The van der Waals surface area contributed by atoms with E-state index < -0.39 is 0 Å². The third kappa shape index (κ3) is 4.17. The summed E-state index contributed by atoms with van der Waals surface area (Å²) in [5.41, 5.74) is 3.79. The van der Waals surface area contributed by atoms with Gasteiger partial charge in [0.25, 0.3) is 0 Å². The average molecular weight is 485 g/mol. The number of fused-ring (bicyclic) bond motifs is 1. The van der Waals surface area contributed by atoms with Crippen LogP contribution in [0.1, 0.15) is 0 Å². The monoisotopic (exact) mass is 485 g/mol. The predicted octanol–water partition coefficient (Wildman–Crippen LogP) is 5.36. The first-order valence-electron chi connectivity index (χ1n) is 8.42. The number of amides is 1. The molecule has 1 aromatic heterocycles. The molecule has 1 heterocycles. The molecule has 0 bridgehead atoms. The molecule has 4 aromatic rings. The van der Waals surface area contributed by atoms with Gasteiger partial charge in [-0.1, -0.05) is 42.1 Å². The van der Waals surface area contributed by atoms with Gasteiger partial charge in [0.1, 0.15) is 0 Å². The molecule has 4 nitrogen and oxygen atoms in total. The fourth-order valence-electron chi connectivity index (χ4n) is 2.79. The largest absolute Gasteiger partial charge is 0.325 e. The predicted molar refractivity (Wildman–Crippen MR) is 120 cm³/mol. The normalized spacial score (nSPS) is 10.9. The Kier molecular flexibility index (Phi) is 5.45. The number of nitrogens with one attached hydrogen (secondary N) is 1. The number of nitrogens with zero attached hydrogens (tertiary/aromatic N) is 2. The van der Waals surface area contributed by atoms with Gasteiger partial charge in [0.05, 0.1) is 16.8 Å². The van der Waals surface area contributed by atoms with Gasteiger partial charge in [-0.25, -0.2) is 4.98 Å². The Morgan fingerprint density at radius 1 is 0.963 bits per heavy atom. The lowest BCUT2D eigenvalue weighted by atomic mass is 10.3. The average Bonchev–Trinajstić information content (AvgIpc) is 3.07. The molecule has 0 spiro atoms. The summed E-state index contributed by atoms with van der Waals surface area (Å²) in [5, 5.41) is 3.74. The first kappa shape index (κ1) is 18.1. The van der Waals surface area contributed by atoms with Crippen LogP contribution >= 0.6 is 34.4 Å². The molecule has 6 heteroatoms. The number of carbonyl (C=O) groups is 1. The highest BCUT2D eigenvalue weighted by Crippen LogP contribution is 2.28. The maximum Gasteiger partial charge on any atom is 0.234 e. The molecule has 4 rings (SSSR count). The van der Waals surface area contributed by atoms with Gasteiger partial charge in [-0.3, -0.25) is 9.36 Å². The molecule has 0 aliphatic heterocycles. The van der Waals surface area contributed by atoms with Gasteiger partial charge in [-0.05, 0) is 71.1 Å². The van der Waals surface area contributed by atoms with Crippen LogP contribution in [0.5, 0.6) is 0 Å². The lowest BCUT2D eigenvalue weighted by molar-refractivity contribution is -0.113. The summed E-state index contributed by atoms with van der Waals surface area (Å²) in [7, 11) is 0. The highest BCUT2D eigenvalue weighted by Gasteiger charge is 2.14. The zero-order valence-electron chi connectivity index (χ0n) is 14.3. The van der Waals surface area contributed by atoms with Crippen molar-refractivity contribution in [2.75, 3.05) is 11.1 Å². The maximum absolute atomic E-state index is 12.4. The van der Waals surface area contributed by atoms with Crippen molar-refractivity contribution < 1.29 is 4.79 Å². The number of thioether (sulfide) groups is 1. The van der Waals surface area contributed by atoms with E-state index in [2.05, 4.69) is 32.5 Å². The number of rotatable bonds is 5. The van der Waals surface area contributed by atoms with Crippen molar-refractivity contribution in [3.05, 3.63) is 82.4 Å². The number of benzene rings is 3. The Labute approximate surface area is 175 Å². The second kappa shape index (κ2) is 8.14. The minimum atomic E-state index is -0.0483. The molecule has 1 amide bonds. The van der Waals surface area contributed by atoms with Crippen molar-refractivity contribution in [1.29, 1.82) is 0 Å². The summed E-state index contributed by atoms with van der Waals surface area (Å²) in [6.45, 7) is 0. The van der Waals surface area contributed by atoms with Crippen molar-refractivity contribution in [2.45, 2.75) is 5.16 Å². The van der Waals surface area contributed by atoms with Crippen molar-refractivity contribution in [3.63, 3.8) is 0 Å². The van der Waals surface area contributed by atoms with Gasteiger partial charge in [0.15, 0.2) is 5.16 Å². The Morgan fingerprint density at radius 3 is 2.44 bits per heavy atom. The zero-order chi connectivity index (χ0) is 18.6. The SMILES string of the molecule is O=C(CSc1nc2ccccc2n1-c1ccccc1)Nc1ccc(I)cc1. The topological polar surface area (TPSA) is 46.9 Å². The minimum Gasteiger partial charge on any atom is -0.325 e. The lowest BCUT2D eigenvalue weighted by Gasteiger charge is -2.09. The summed E-state index contributed by atoms with van der Waals surface area (Å²) in [4.78, 5) is 17.1. The van der Waals surface area contributed by atoms with Crippen LogP contribution in [0, 0.1) is 3.57 Å². The third-order valence-corrected chi connectivity index (χ3v) is 5.66. The van der Waals surface area contributed by atoms with E-state index in [1.165, 1.54) is 11.8 Å². The van der Waals surface area contributed by atoms with E-state index in [4.69, 9.17) is 4.98 Å². The smallest absolute Gasteiger partial charge is 0.234 e. The van der Waals surface area contributed by atoms with Crippen LogP contribution in [-0.4, -0.2) is 21.2 Å². The van der Waals surface area contributed by atoms with E-state index in [9.17, 15) is 4.79 Å². The van der Waals surface area contributed by atoms with Crippen LogP contribution in [0.4, 0.5) is 5.69 Å². The van der Waals surface area contributed by atoms with E-state index >= 15 is 0 Å². The lowest BCUT2D eigenvalue weighted by Crippen LogP contribution is -2.14. The van der Waals surface area contributed by atoms with Crippen LogP contribution in [0.15, 0.2) is 84.0 Å². The summed E-state index contributed by atoms with van der Waals surface area (Å²) >= 11 is 3.68. The maximum atomic E-state index is 12.4. The quantitative estimate of drug-likeness (QED) is 0.306. The number of anilines is 1. The molecule has 0 saturated carbocycles. The van der Waals surface area contributed by atoms with Crippen LogP contribution in [0.25, 0.3) is 16.7 Å². The number of hydrogen-bond acceptors (Lipinski definition) is 3. The van der Waals surface area contributed by atoms with Crippen LogP contribution in [0.3, 0.4) is 0 Å². The molecule has 0 aliphatic carbocycles. The van der Waals surface area contributed by atoms with E-state index in [1.54, 1.807) is 0 Å². The highest BCUT2D eigenvalue weighted by atomic mass is 127. The van der Waals surface area contributed by atoms with E-state index in [0.717, 1.165) is 31.1 Å². The Bertz CT molecular complexity index is 1080. The van der Waals surface area contributed by atoms with E-state index in [-0.39, 0.29) is 5.91 Å². The van der Waals surface area contributed by atoms with Gasteiger partial charge in [-0.15, -0.1) is 0 Å². The molecule has 0 radical (unpaired) electrons. The van der Waals surface area contributed by atoms with E-state index in [1.807, 2.05) is 78.9 Å². The molecule has 1 N–H and O–H groups in total. The Morgan fingerprint density at radius 2 is 1.67 bits per heavy atom. The summed E-state index contributed by atoms with van der Waals surface area (Å²) in [6.07, 6.45) is 0. The number of halogens is 1. The van der Waals surface area contributed by atoms with Gasteiger partial charge >= 0.3 is 0 Å². The van der Waals surface area contributed by atoms with Gasteiger partial charge in [0.2, 0.25) is 5.91 Å².